The lowest BCUT2D eigenvalue weighted by molar-refractivity contribution is 0.0940. The van der Waals surface area contributed by atoms with Crippen molar-refractivity contribution >= 4 is 5.91 Å². The van der Waals surface area contributed by atoms with E-state index in [-0.39, 0.29) is 12.5 Å². The molecule has 4 heteroatoms. The number of carbonyl (C=O) groups is 1. The van der Waals surface area contributed by atoms with Crippen LogP contribution < -0.4 is 5.32 Å². The molecule has 1 aromatic rings. The Morgan fingerprint density at radius 2 is 2.15 bits per heavy atom. The van der Waals surface area contributed by atoms with Crippen molar-refractivity contribution in [2.24, 2.45) is 11.8 Å². The van der Waals surface area contributed by atoms with E-state index in [1.54, 1.807) is 18.3 Å². The third-order valence-corrected chi connectivity index (χ3v) is 3.19. The lowest BCUT2D eigenvalue weighted by Crippen LogP contribution is -2.30. The van der Waals surface area contributed by atoms with Crippen LogP contribution in [0.15, 0.2) is 18.3 Å². The summed E-state index contributed by atoms with van der Waals surface area (Å²) in [6.07, 6.45) is 2.01. The van der Waals surface area contributed by atoms with Gasteiger partial charge >= 0.3 is 0 Å². The lowest BCUT2D eigenvalue weighted by atomic mass is 9.98. The Morgan fingerprint density at radius 3 is 2.70 bits per heavy atom. The first kappa shape index (κ1) is 16.2. The summed E-state index contributed by atoms with van der Waals surface area (Å²) in [5, 5.41) is 11.5. The van der Waals surface area contributed by atoms with Gasteiger partial charge in [0.15, 0.2) is 0 Å². The summed E-state index contributed by atoms with van der Waals surface area (Å²) in [5.74, 6) is 6.49. The number of pyridine rings is 1. The molecule has 0 bridgehead atoms. The number of aliphatic hydroxyl groups is 1. The minimum atomic E-state index is -0.160. The first-order chi connectivity index (χ1) is 9.54. The molecule has 0 saturated carbocycles. The SMILES string of the molecule is CC(C)C(C)CNC(=O)c1ccc(C#CCCO)cn1. The van der Waals surface area contributed by atoms with Gasteiger partial charge in [-0.15, -0.1) is 0 Å². The van der Waals surface area contributed by atoms with Gasteiger partial charge < -0.3 is 10.4 Å². The summed E-state index contributed by atoms with van der Waals surface area (Å²) in [5.41, 5.74) is 1.14. The highest BCUT2D eigenvalue weighted by molar-refractivity contribution is 5.92. The van der Waals surface area contributed by atoms with Gasteiger partial charge in [0.1, 0.15) is 5.69 Å². The number of aromatic nitrogens is 1. The number of rotatable bonds is 5. The highest BCUT2D eigenvalue weighted by Crippen LogP contribution is 2.08. The molecule has 1 amide bonds. The molecule has 0 aliphatic rings. The van der Waals surface area contributed by atoms with E-state index in [1.165, 1.54) is 0 Å². The van der Waals surface area contributed by atoms with Crippen LogP contribution >= 0.6 is 0 Å². The second kappa shape index (κ2) is 8.34. The van der Waals surface area contributed by atoms with Crippen LogP contribution in [-0.4, -0.2) is 29.1 Å². The maximum Gasteiger partial charge on any atom is 0.269 e. The zero-order valence-corrected chi connectivity index (χ0v) is 12.3. The van der Waals surface area contributed by atoms with E-state index in [9.17, 15) is 4.79 Å². The number of hydrogen-bond donors (Lipinski definition) is 2. The molecule has 1 atom stereocenters. The molecule has 0 spiro atoms. The minimum absolute atomic E-state index is 0.0505. The maximum atomic E-state index is 11.9. The van der Waals surface area contributed by atoms with Gasteiger partial charge in [-0.05, 0) is 24.0 Å². The smallest absolute Gasteiger partial charge is 0.269 e. The highest BCUT2D eigenvalue weighted by atomic mass is 16.2. The van der Waals surface area contributed by atoms with Gasteiger partial charge in [0.2, 0.25) is 0 Å². The van der Waals surface area contributed by atoms with E-state index in [0.29, 0.717) is 30.5 Å². The zero-order chi connectivity index (χ0) is 15.0. The van der Waals surface area contributed by atoms with Crippen LogP contribution in [0.25, 0.3) is 0 Å². The molecule has 4 nitrogen and oxygen atoms in total. The van der Waals surface area contributed by atoms with Crippen molar-refractivity contribution in [3.8, 4) is 11.8 Å². The molecule has 1 unspecified atom stereocenters. The summed E-state index contributed by atoms with van der Waals surface area (Å²) >= 11 is 0. The van der Waals surface area contributed by atoms with Crippen molar-refractivity contribution in [2.75, 3.05) is 13.2 Å². The summed E-state index contributed by atoms with van der Waals surface area (Å²) in [6.45, 7) is 7.08. The summed E-state index contributed by atoms with van der Waals surface area (Å²) in [7, 11) is 0. The van der Waals surface area contributed by atoms with E-state index in [0.717, 1.165) is 5.56 Å². The molecule has 0 aliphatic carbocycles. The third kappa shape index (κ3) is 5.41. The molecule has 0 aromatic carbocycles. The van der Waals surface area contributed by atoms with Gasteiger partial charge in [-0.3, -0.25) is 4.79 Å². The van der Waals surface area contributed by atoms with E-state index in [1.807, 2.05) is 0 Å². The number of aliphatic hydroxyl groups excluding tert-OH is 1. The molecular formula is C16H22N2O2. The normalized spacial score (nSPS) is 11.7. The van der Waals surface area contributed by atoms with Gasteiger partial charge in [-0.2, -0.15) is 0 Å². The van der Waals surface area contributed by atoms with Crippen LogP contribution in [0, 0.1) is 23.7 Å². The lowest BCUT2D eigenvalue weighted by Gasteiger charge is -2.15. The van der Waals surface area contributed by atoms with Gasteiger partial charge in [0.05, 0.1) is 6.61 Å². The van der Waals surface area contributed by atoms with Crippen molar-refractivity contribution in [3.63, 3.8) is 0 Å². The van der Waals surface area contributed by atoms with Crippen LogP contribution in [0.5, 0.6) is 0 Å². The average Bonchev–Trinajstić information content (AvgIpc) is 2.45. The topological polar surface area (TPSA) is 62.2 Å². The molecule has 1 rings (SSSR count). The van der Waals surface area contributed by atoms with Crippen molar-refractivity contribution in [1.82, 2.24) is 10.3 Å². The first-order valence-corrected chi connectivity index (χ1v) is 6.88. The van der Waals surface area contributed by atoms with Crippen LogP contribution in [-0.2, 0) is 0 Å². The second-order valence-corrected chi connectivity index (χ2v) is 5.14. The van der Waals surface area contributed by atoms with Crippen molar-refractivity contribution < 1.29 is 9.90 Å². The Morgan fingerprint density at radius 1 is 1.40 bits per heavy atom. The summed E-state index contributed by atoms with van der Waals surface area (Å²) in [4.78, 5) is 16.0. The second-order valence-electron chi connectivity index (χ2n) is 5.14. The molecule has 2 N–H and O–H groups in total. The number of carbonyl (C=O) groups excluding carboxylic acids is 1. The molecule has 1 heterocycles. The Bertz CT molecular complexity index is 483. The Balaban J connectivity index is 2.56. The molecule has 20 heavy (non-hydrogen) atoms. The zero-order valence-electron chi connectivity index (χ0n) is 12.3. The summed E-state index contributed by atoms with van der Waals surface area (Å²) in [6, 6.07) is 3.43. The van der Waals surface area contributed by atoms with Gasteiger partial charge in [-0.1, -0.05) is 32.6 Å². The van der Waals surface area contributed by atoms with Gasteiger partial charge in [0, 0.05) is 24.7 Å². The molecular weight excluding hydrogens is 252 g/mol. The fourth-order valence-corrected chi connectivity index (χ4v) is 1.40. The summed E-state index contributed by atoms with van der Waals surface area (Å²) < 4.78 is 0. The van der Waals surface area contributed by atoms with Crippen LogP contribution in [0.2, 0.25) is 0 Å². The molecule has 0 saturated heterocycles. The van der Waals surface area contributed by atoms with Crippen LogP contribution in [0.1, 0.15) is 43.2 Å². The van der Waals surface area contributed by atoms with E-state index in [2.05, 4.69) is 42.9 Å². The Kier molecular flexibility index (Phi) is 6.75. The Labute approximate surface area is 120 Å². The largest absolute Gasteiger partial charge is 0.395 e. The predicted molar refractivity (Wildman–Crippen MR) is 79.2 cm³/mol. The number of amides is 1. The van der Waals surface area contributed by atoms with E-state index >= 15 is 0 Å². The standard InChI is InChI=1S/C16H22N2O2/c1-12(2)13(3)10-18-16(20)15-8-7-14(11-17-15)6-4-5-9-19/h7-8,11-13,19H,5,9-10H2,1-3H3,(H,18,20). The molecule has 0 radical (unpaired) electrons. The maximum absolute atomic E-state index is 11.9. The molecule has 108 valence electrons. The van der Waals surface area contributed by atoms with Crippen molar-refractivity contribution in [1.29, 1.82) is 0 Å². The monoisotopic (exact) mass is 274 g/mol. The van der Waals surface area contributed by atoms with Crippen LogP contribution in [0.3, 0.4) is 0 Å². The fraction of sp³-hybridized carbons (Fsp3) is 0.500. The molecule has 1 aromatic heterocycles. The minimum Gasteiger partial charge on any atom is -0.395 e. The number of nitrogens with zero attached hydrogens (tertiary/aromatic N) is 1. The van der Waals surface area contributed by atoms with Gasteiger partial charge in [-0.25, -0.2) is 4.98 Å². The molecule has 0 fully saturated rings. The first-order valence-electron chi connectivity index (χ1n) is 6.88. The number of nitrogens with one attached hydrogen (secondary N) is 1. The quantitative estimate of drug-likeness (QED) is 0.805. The highest BCUT2D eigenvalue weighted by Gasteiger charge is 2.11. The third-order valence-electron chi connectivity index (χ3n) is 3.19. The molecule has 0 aliphatic heterocycles. The van der Waals surface area contributed by atoms with E-state index in [4.69, 9.17) is 5.11 Å². The number of hydrogen-bond acceptors (Lipinski definition) is 3. The average molecular weight is 274 g/mol. The van der Waals surface area contributed by atoms with Crippen molar-refractivity contribution in [3.05, 3.63) is 29.6 Å². The predicted octanol–water partition coefficient (Wildman–Crippen LogP) is 1.84. The van der Waals surface area contributed by atoms with Gasteiger partial charge in [0.25, 0.3) is 5.91 Å². The van der Waals surface area contributed by atoms with E-state index < -0.39 is 0 Å². The Hall–Kier alpha value is -1.86. The van der Waals surface area contributed by atoms with Crippen molar-refractivity contribution in [2.45, 2.75) is 27.2 Å². The van der Waals surface area contributed by atoms with Crippen LogP contribution in [0.4, 0.5) is 0 Å². The fourth-order valence-electron chi connectivity index (χ4n) is 1.40.